The maximum Gasteiger partial charge on any atom is 0.246 e. The Bertz CT molecular complexity index is 340. The highest BCUT2D eigenvalue weighted by molar-refractivity contribution is 6.02. The van der Waals surface area contributed by atoms with Gasteiger partial charge in [-0.25, -0.2) is 0 Å². The van der Waals surface area contributed by atoms with Crippen LogP contribution in [0, 0.1) is 5.92 Å². The van der Waals surface area contributed by atoms with Crippen LogP contribution in [-0.4, -0.2) is 48.3 Å². The molecule has 0 spiro atoms. The number of hydrogen-bond acceptors (Lipinski definition) is 4. The van der Waals surface area contributed by atoms with Crippen LogP contribution in [0.25, 0.3) is 0 Å². The molecule has 0 aliphatic carbocycles. The van der Waals surface area contributed by atoms with Crippen LogP contribution in [0.15, 0.2) is 0 Å². The number of nitrogens with zero attached hydrogens (tertiary/aromatic N) is 1. The minimum Gasteiger partial charge on any atom is -0.324 e. The predicted molar refractivity (Wildman–Crippen MR) is 59.9 cm³/mol. The Morgan fingerprint density at radius 3 is 2.53 bits per heavy atom. The van der Waals surface area contributed by atoms with Crippen LogP contribution in [0.1, 0.15) is 19.8 Å². The topological polar surface area (TPSA) is 78.5 Å². The Labute approximate surface area is 99.7 Å². The number of imide groups is 1. The van der Waals surface area contributed by atoms with E-state index in [1.807, 2.05) is 6.92 Å². The molecule has 0 aromatic heterocycles. The van der Waals surface area contributed by atoms with Gasteiger partial charge in [0.25, 0.3) is 0 Å². The summed E-state index contributed by atoms with van der Waals surface area (Å²) in [6, 6.07) is 0.108. The molecule has 2 heterocycles. The molecule has 3 amide bonds. The average Bonchev–Trinajstić information content (AvgIpc) is 2.27. The van der Waals surface area contributed by atoms with Crippen molar-refractivity contribution in [1.82, 2.24) is 15.5 Å². The largest absolute Gasteiger partial charge is 0.324 e. The first-order chi connectivity index (χ1) is 8.08. The second-order valence-corrected chi connectivity index (χ2v) is 4.66. The fourth-order valence-electron chi connectivity index (χ4n) is 2.41. The molecule has 0 aromatic rings. The van der Waals surface area contributed by atoms with Gasteiger partial charge in [-0.2, -0.15) is 0 Å². The summed E-state index contributed by atoms with van der Waals surface area (Å²) in [7, 11) is 0. The van der Waals surface area contributed by atoms with Crippen LogP contribution >= 0.6 is 0 Å². The molecular weight excluding hydrogens is 222 g/mol. The van der Waals surface area contributed by atoms with Gasteiger partial charge < -0.3 is 10.2 Å². The van der Waals surface area contributed by atoms with Crippen molar-refractivity contribution in [1.29, 1.82) is 0 Å². The highest BCUT2D eigenvalue weighted by Crippen LogP contribution is 2.19. The molecule has 2 aliphatic heterocycles. The summed E-state index contributed by atoms with van der Waals surface area (Å²) in [6.45, 7) is 2.87. The standard InChI is InChI=1S/C11H17N3O3/c1-7-8(3-2-4-12-7)11(17)14-5-9(15)13-10(16)6-14/h7-8,12H,2-6H2,1H3,(H,13,15,16). The molecule has 94 valence electrons. The van der Waals surface area contributed by atoms with E-state index in [0.717, 1.165) is 19.4 Å². The number of carbonyl (C=O) groups excluding carboxylic acids is 3. The molecule has 2 rings (SSSR count). The van der Waals surface area contributed by atoms with Gasteiger partial charge in [0.15, 0.2) is 0 Å². The van der Waals surface area contributed by atoms with Crippen LogP contribution < -0.4 is 10.6 Å². The molecule has 2 fully saturated rings. The maximum atomic E-state index is 12.2. The summed E-state index contributed by atoms with van der Waals surface area (Å²) < 4.78 is 0. The van der Waals surface area contributed by atoms with E-state index in [0.29, 0.717) is 0 Å². The van der Waals surface area contributed by atoms with E-state index in [4.69, 9.17) is 0 Å². The molecule has 0 bridgehead atoms. The molecule has 2 unspecified atom stereocenters. The SMILES string of the molecule is CC1NCCCC1C(=O)N1CC(=O)NC(=O)C1. The zero-order valence-electron chi connectivity index (χ0n) is 9.86. The lowest BCUT2D eigenvalue weighted by molar-refractivity contribution is -0.148. The van der Waals surface area contributed by atoms with Crippen molar-refractivity contribution in [2.24, 2.45) is 5.92 Å². The first-order valence-electron chi connectivity index (χ1n) is 5.93. The van der Waals surface area contributed by atoms with Crippen molar-refractivity contribution in [2.75, 3.05) is 19.6 Å². The lowest BCUT2D eigenvalue weighted by Gasteiger charge is -2.34. The number of nitrogens with one attached hydrogen (secondary N) is 2. The molecule has 0 radical (unpaired) electrons. The zero-order chi connectivity index (χ0) is 12.4. The van der Waals surface area contributed by atoms with Crippen LogP contribution in [-0.2, 0) is 14.4 Å². The molecule has 2 aliphatic rings. The number of rotatable bonds is 1. The third-order valence-electron chi connectivity index (χ3n) is 3.34. The van der Waals surface area contributed by atoms with Crippen molar-refractivity contribution in [3.63, 3.8) is 0 Å². The zero-order valence-corrected chi connectivity index (χ0v) is 9.86. The highest BCUT2D eigenvalue weighted by Gasteiger charge is 2.34. The van der Waals surface area contributed by atoms with Crippen LogP contribution in [0.5, 0.6) is 0 Å². The Morgan fingerprint density at radius 2 is 1.94 bits per heavy atom. The van der Waals surface area contributed by atoms with E-state index in [1.54, 1.807) is 0 Å². The van der Waals surface area contributed by atoms with Crippen LogP contribution in [0.2, 0.25) is 0 Å². The predicted octanol–water partition coefficient (Wildman–Crippen LogP) is -1.14. The van der Waals surface area contributed by atoms with Gasteiger partial charge in [-0.05, 0) is 26.3 Å². The Morgan fingerprint density at radius 1 is 1.29 bits per heavy atom. The van der Waals surface area contributed by atoms with Gasteiger partial charge in [0.05, 0.1) is 5.92 Å². The Hall–Kier alpha value is -1.43. The smallest absolute Gasteiger partial charge is 0.246 e. The summed E-state index contributed by atoms with van der Waals surface area (Å²) in [6.07, 6.45) is 1.77. The molecular formula is C11H17N3O3. The number of carbonyl (C=O) groups is 3. The third kappa shape index (κ3) is 2.63. The lowest BCUT2D eigenvalue weighted by atomic mass is 9.90. The van der Waals surface area contributed by atoms with E-state index < -0.39 is 11.8 Å². The third-order valence-corrected chi connectivity index (χ3v) is 3.34. The summed E-state index contributed by atoms with van der Waals surface area (Å²) in [5.41, 5.74) is 0. The molecule has 0 saturated carbocycles. The number of amides is 3. The second-order valence-electron chi connectivity index (χ2n) is 4.66. The average molecular weight is 239 g/mol. The van der Waals surface area contributed by atoms with Gasteiger partial charge in [-0.15, -0.1) is 0 Å². The lowest BCUT2D eigenvalue weighted by Crippen LogP contribution is -2.57. The van der Waals surface area contributed by atoms with Crippen molar-refractivity contribution < 1.29 is 14.4 Å². The molecule has 0 aromatic carbocycles. The fourth-order valence-corrected chi connectivity index (χ4v) is 2.41. The summed E-state index contributed by atoms with van der Waals surface area (Å²) in [5, 5.41) is 5.43. The monoisotopic (exact) mass is 239 g/mol. The highest BCUT2D eigenvalue weighted by atomic mass is 16.2. The minimum absolute atomic E-state index is 0.00616. The second kappa shape index (κ2) is 4.83. The van der Waals surface area contributed by atoms with Crippen LogP contribution in [0.3, 0.4) is 0 Å². The maximum absolute atomic E-state index is 12.2. The number of hydrogen-bond donors (Lipinski definition) is 2. The Balaban J connectivity index is 2.03. The fraction of sp³-hybridized carbons (Fsp3) is 0.727. The molecule has 2 N–H and O–H groups in total. The van der Waals surface area contributed by atoms with Gasteiger partial charge in [0.2, 0.25) is 17.7 Å². The van der Waals surface area contributed by atoms with E-state index in [-0.39, 0.29) is 31.0 Å². The van der Waals surface area contributed by atoms with Gasteiger partial charge in [0, 0.05) is 6.04 Å². The van der Waals surface area contributed by atoms with Crippen molar-refractivity contribution >= 4 is 17.7 Å². The van der Waals surface area contributed by atoms with Crippen LogP contribution in [0.4, 0.5) is 0 Å². The van der Waals surface area contributed by atoms with E-state index in [1.165, 1.54) is 4.90 Å². The van der Waals surface area contributed by atoms with E-state index in [2.05, 4.69) is 10.6 Å². The van der Waals surface area contributed by atoms with E-state index >= 15 is 0 Å². The quantitative estimate of drug-likeness (QED) is 0.567. The normalized spacial score (nSPS) is 30.1. The molecule has 17 heavy (non-hydrogen) atoms. The first-order valence-corrected chi connectivity index (χ1v) is 5.93. The summed E-state index contributed by atoms with van der Waals surface area (Å²) in [5.74, 6) is -1.01. The molecule has 2 saturated heterocycles. The summed E-state index contributed by atoms with van der Waals surface area (Å²) >= 11 is 0. The molecule has 6 nitrogen and oxygen atoms in total. The first kappa shape index (κ1) is 12.0. The van der Waals surface area contributed by atoms with Crippen molar-refractivity contribution in [3.05, 3.63) is 0 Å². The van der Waals surface area contributed by atoms with Gasteiger partial charge >= 0.3 is 0 Å². The number of piperazine rings is 1. The van der Waals surface area contributed by atoms with Gasteiger partial charge in [-0.3, -0.25) is 19.7 Å². The Kier molecular flexibility index (Phi) is 3.42. The van der Waals surface area contributed by atoms with Gasteiger partial charge in [-0.1, -0.05) is 0 Å². The van der Waals surface area contributed by atoms with E-state index in [9.17, 15) is 14.4 Å². The molecule has 2 atom stereocenters. The van der Waals surface area contributed by atoms with Crippen molar-refractivity contribution in [3.8, 4) is 0 Å². The van der Waals surface area contributed by atoms with Gasteiger partial charge in [0.1, 0.15) is 13.1 Å². The van der Waals surface area contributed by atoms with Crippen molar-refractivity contribution in [2.45, 2.75) is 25.8 Å². The summed E-state index contributed by atoms with van der Waals surface area (Å²) in [4.78, 5) is 36.0. The number of piperidine rings is 1. The molecule has 6 heteroatoms. The minimum atomic E-state index is -0.397.